The number of anilines is 1. The second-order valence-electron chi connectivity index (χ2n) is 2.79. The smallest absolute Gasteiger partial charge is 0.250 e. The maximum atomic E-state index is 11.4. The Bertz CT molecular complexity index is 456. The van der Waals surface area contributed by atoms with Crippen LogP contribution in [0.15, 0.2) is 12.3 Å². The quantitative estimate of drug-likeness (QED) is 0.771. The minimum atomic E-state index is -3.64. The van der Waals surface area contributed by atoms with E-state index in [9.17, 15) is 8.42 Å². The SMILES string of the molecule is CC(C#N)S(=O)(=O)Nc1ccn(C)n1. The molecule has 0 spiro atoms. The maximum absolute atomic E-state index is 11.4. The van der Waals surface area contributed by atoms with Gasteiger partial charge in [0.05, 0.1) is 6.07 Å². The number of nitrogens with zero attached hydrogens (tertiary/aromatic N) is 3. The van der Waals surface area contributed by atoms with E-state index in [0.717, 1.165) is 0 Å². The van der Waals surface area contributed by atoms with E-state index in [1.54, 1.807) is 19.3 Å². The van der Waals surface area contributed by atoms with Gasteiger partial charge in [-0.1, -0.05) is 0 Å². The Hall–Kier alpha value is -1.55. The molecule has 76 valence electrons. The summed E-state index contributed by atoms with van der Waals surface area (Å²) in [4.78, 5) is 0. The van der Waals surface area contributed by atoms with E-state index in [4.69, 9.17) is 5.26 Å². The van der Waals surface area contributed by atoms with Crippen LogP contribution < -0.4 is 4.72 Å². The van der Waals surface area contributed by atoms with Crippen LogP contribution in [0, 0.1) is 11.3 Å². The van der Waals surface area contributed by atoms with Crippen molar-refractivity contribution >= 4 is 15.8 Å². The van der Waals surface area contributed by atoms with E-state index in [0.29, 0.717) is 0 Å². The highest BCUT2D eigenvalue weighted by Gasteiger charge is 2.20. The van der Waals surface area contributed by atoms with E-state index in [1.807, 2.05) is 0 Å². The Morgan fingerprint density at radius 3 is 2.79 bits per heavy atom. The van der Waals surface area contributed by atoms with Gasteiger partial charge in [0.2, 0.25) is 10.0 Å². The third-order valence-corrected chi connectivity index (χ3v) is 3.14. The van der Waals surface area contributed by atoms with Crippen LogP contribution in [0.25, 0.3) is 0 Å². The Kier molecular flexibility index (Phi) is 2.76. The zero-order chi connectivity index (χ0) is 10.8. The molecular formula is C7H10N4O2S. The molecule has 0 radical (unpaired) electrons. The molecule has 0 fully saturated rings. The number of nitrogens with one attached hydrogen (secondary N) is 1. The number of rotatable bonds is 3. The summed E-state index contributed by atoms with van der Waals surface area (Å²) in [6.45, 7) is 1.31. The summed E-state index contributed by atoms with van der Waals surface area (Å²) in [5.41, 5.74) is 0. The minimum Gasteiger partial charge on any atom is -0.274 e. The van der Waals surface area contributed by atoms with Crippen LogP contribution in [-0.4, -0.2) is 23.4 Å². The van der Waals surface area contributed by atoms with Crippen molar-refractivity contribution in [2.75, 3.05) is 4.72 Å². The van der Waals surface area contributed by atoms with Gasteiger partial charge in [0.1, 0.15) is 0 Å². The van der Waals surface area contributed by atoms with Crippen LogP contribution in [0.2, 0.25) is 0 Å². The molecule has 0 aromatic carbocycles. The lowest BCUT2D eigenvalue weighted by Crippen LogP contribution is -2.24. The molecule has 14 heavy (non-hydrogen) atoms. The Morgan fingerprint density at radius 1 is 1.71 bits per heavy atom. The predicted molar refractivity (Wildman–Crippen MR) is 50.8 cm³/mol. The van der Waals surface area contributed by atoms with Gasteiger partial charge in [0.25, 0.3) is 0 Å². The number of sulfonamides is 1. The largest absolute Gasteiger partial charge is 0.274 e. The normalized spacial score (nSPS) is 13.2. The molecule has 1 atom stereocenters. The predicted octanol–water partition coefficient (Wildman–Crippen LogP) is 0.0739. The highest BCUT2D eigenvalue weighted by atomic mass is 32.2. The molecule has 0 saturated heterocycles. The molecule has 0 saturated carbocycles. The average Bonchev–Trinajstić information content (AvgIpc) is 2.48. The monoisotopic (exact) mass is 214 g/mol. The summed E-state index contributed by atoms with van der Waals surface area (Å²) in [6, 6.07) is 3.16. The van der Waals surface area contributed by atoms with Gasteiger partial charge in [-0.25, -0.2) is 8.42 Å². The zero-order valence-corrected chi connectivity index (χ0v) is 8.61. The first-order valence-corrected chi connectivity index (χ1v) is 5.41. The van der Waals surface area contributed by atoms with Crippen LogP contribution in [0.5, 0.6) is 0 Å². The number of aryl methyl sites for hydroxylation is 1. The summed E-state index contributed by atoms with van der Waals surface area (Å²) in [6.07, 6.45) is 1.61. The topological polar surface area (TPSA) is 87.8 Å². The van der Waals surface area contributed by atoms with E-state index in [1.165, 1.54) is 17.7 Å². The zero-order valence-electron chi connectivity index (χ0n) is 7.80. The first kappa shape index (κ1) is 10.5. The van der Waals surface area contributed by atoms with Crippen molar-refractivity contribution in [3.8, 4) is 6.07 Å². The molecule has 1 aromatic heterocycles. The lowest BCUT2D eigenvalue weighted by Gasteiger charge is -2.05. The molecule has 0 aliphatic heterocycles. The van der Waals surface area contributed by atoms with Crippen molar-refractivity contribution in [2.45, 2.75) is 12.2 Å². The van der Waals surface area contributed by atoms with Crippen molar-refractivity contribution in [3.63, 3.8) is 0 Å². The van der Waals surface area contributed by atoms with Crippen molar-refractivity contribution in [1.82, 2.24) is 9.78 Å². The second-order valence-corrected chi connectivity index (χ2v) is 4.79. The van der Waals surface area contributed by atoms with Gasteiger partial charge in [-0.05, 0) is 6.92 Å². The summed E-state index contributed by atoms with van der Waals surface area (Å²) < 4.78 is 26.4. The first-order valence-electron chi connectivity index (χ1n) is 3.86. The molecule has 1 heterocycles. The Morgan fingerprint density at radius 2 is 2.36 bits per heavy atom. The lowest BCUT2D eigenvalue weighted by molar-refractivity contribution is 0.597. The molecule has 0 bridgehead atoms. The highest BCUT2D eigenvalue weighted by Crippen LogP contribution is 2.07. The Labute approximate surface area is 82.2 Å². The van der Waals surface area contributed by atoms with Crippen molar-refractivity contribution in [2.24, 2.45) is 7.05 Å². The van der Waals surface area contributed by atoms with E-state index < -0.39 is 15.3 Å². The van der Waals surface area contributed by atoms with Crippen LogP contribution in [0.4, 0.5) is 5.82 Å². The second kappa shape index (κ2) is 3.67. The summed E-state index contributed by atoms with van der Waals surface area (Å²) >= 11 is 0. The van der Waals surface area contributed by atoms with E-state index in [-0.39, 0.29) is 5.82 Å². The summed E-state index contributed by atoms with van der Waals surface area (Å²) in [5, 5.41) is 11.2. The number of nitriles is 1. The molecule has 1 aromatic rings. The standard InChI is InChI=1S/C7H10N4O2S/c1-6(5-8)14(12,13)10-7-3-4-11(2)9-7/h3-4,6H,1-2H3,(H,9,10). The number of hydrogen-bond acceptors (Lipinski definition) is 4. The number of aromatic nitrogens is 2. The molecule has 7 heteroatoms. The van der Waals surface area contributed by atoms with Crippen LogP contribution in [-0.2, 0) is 17.1 Å². The minimum absolute atomic E-state index is 0.217. The summed E-state index contributed by atoms with van der Waals surface area (Å²) in [7, 11) is -1.96. The van der Waals surface area contributed by atoms with Crippen molar-refractivity contribution in [3.05, 3.63) is 12.3 Å². The fourth-order valence-corrected chi connectivity index (χ4v) is 1.49. The van der Waals surface area contributed by atoms with Gasteiger partial charge < -0.3 is 0 Å². The van der Waals surface area contributed by atoms with Gasteiger partial charge in [-0.15, -0.1) is 0 Å². The van der Waals surface area contributed by atoms with Gasteiger partial charge in [-0.2, -0.15) is 10.4 Å². The molecular weight excluding hydrogens is 204 g/mol. The van der Waals surface area contributed by atoms with Gasteiger partial charge in [-0.3, -0.25) is 9.40 Å². The third kappa shape index (κ3) is 2.23. The van der Waals surface area contributed by atoms with Gasteiger partial charge >= 0.3 is 0 Å². The van der Waals surface area contributed by atoms with E-state index >= 15 is 0 Å². The van der Waals surface area contributed by atoms with Gasteiger partial charge in [0.15, 0.2) is 11.1 Å². The molecule has 0 aliphatic rings. The van der Waals surface area contributed by atoms with Crippen molar-refractivity contribution in [1.29, 1.82) is 5.26 Å². The summed E-state index contributed by atoms with van der Waals surface area (Å²) in [5.74, 6) is 0.217. The van der Waals surface area contributed by atoms with Crippen molar-refractivity contribution < 1.29 is 8.42 Å². The maximum Gasteiger partial charge on any atom is 0.250 e. The lowest BCUT2D eigenvalue weighted by atomic mass is 10.5. The van der Waals surface area contributed by atoms with Crippen LogP contribution >= 0.6 is 0 Å². The van der Waals surface area contributed by atoms with Crippen LogP contribution in [0.3, 0.4) is 0 Å². The molecule has 1 unspecified atom stereocenters. The third-order valence-electron chi connectivity index (χ3n) is 1.61. The highest BCUT2D eigenvalue weighted by molar-refractivity contribution is 7.93. The molecule has 1 N–H and O–H groups in total. The fourth-order valence-electron chi connectivity index (χ4n) is 0.773. The average molecular weight is 214 g/mol. The molecule has 0 amide bonds. The molecule has 0 aliphatic carbocycles. The number of hydrogen-bond donors (Lipinski definition) is 1. The molecule has 6 nitrogen and oxygen atoms in total. The van der Waals surface area contributed by atoms with Gasteiger partial charge in [0, 0.05) is 19.3 Å². The Balaban J connectivity index is 2.85. The first-order chi connectivity index (χ1) is 6.45. The van der Waals surface area contributed by atoms with Crippen LogP contribution in [0.1, 0.15) is 6.92 Å². The fraction of sp³-hybridized carbons (Fsp3) is 0.429. The van der Waals surface area contributed by atoms with E-state index in [2.05, 4.69) is 9.82 Å². The molecule has 1 rings (SSSR count).